The summed E-state index contributed by atoms with van der Waals surface area (Å²) < 4.78 is 0. The molecule has 0 aromatic heterocycles. The minimum Gasteiger partial charge on any atom is -0.343 e. The number of nitrogens with zero attached hydrogens (tertiary/aromatic N) is 2. The molecule has 2 aliphatic heterocycles. The minimum atomic E-state index is -0.529. The normalized spacial score (nSPS) is 17.8. The molecule has 2 heterocycles. The number of fused-ring (bicyclic) bond motifs is 1. The number of amides is 3. The summed E-state index contributed by atoms with van der Waals surface area (Å²) in [6.07, 6.45) is 2.13. The Labute approximate surface area is 146 Å². The molecular formula is C18H23N3O4. The molecule has 0 unspecified atom stereocenters. The lowest BCUT2D eigenvalue weighted by molar-refractivity contribution is -0.140. The van der Waals surface area contributed by atoms with Crippen molar-refractivity contribution in [2.75, 3.05) is 19.6 Å². The Balaban J connectivity index is 1.64. The van der Waals surface area contributed by atoms with E-state index in [1.807, 2.05) is 11.0 Å². The lowest BCUT2D eigenvalue weighted by Gasteiger charge is -2.36. The van der Waals surface area contributed by atoms with Crippen molar-refractivity contribution in [3.63, 3.8) is 0 Å². The van der Waals surface area contributed by atoms with Crippen LogP contribution in [0.4, 0.5) is 0 Å². The molecule has 2 aliphatic rings. The highest BCUT2D eigenvalue weighted by Gasteiger charge is 2.31. The molecule has 0 radical (unpaired) electrons. The number of likely N-dealkylation sites (tertiary alicyclic amines) is 1. The van der Waals surface area contributed by atoms with E-state index in [0.29, 0.717) is 38.2 Å². The first-order valence-corrected chi connectivity index (χ1v) is 8.60. The minimum absolute atomic E-state index is 0.0170. The van der Waals surface area contributed by atoms with E-state index in [1.54, 1.807) is 29.4 Å². The third kappa shape index (κ3) is 3.66. The first-order valence-electron chi connectivity index (χ1n) is 8.60. The summed E-state index contributed by atoms with van der Waals surface area (Å²) in [5.74, 6) is -0.318. The Bertz CT molecular complexity index is 696. The second kappa shape index (κ2) is 7.23. The van der Waals surface area contributed by atoms with E-state index >= 15 is 0 Å². The lowest BCUT2D eigenvalue weighted by Crippen LogP contribution is -2.45. The molecule has 0 aliphatic carbocycles. The van der Waals surface area contributed by atoms with Gasteiger partial charge in [-0.05, 0) is 42.5 Å². The van der Waals surface area contributed by atoms with E-state index in [0.717, 1.165) is 24.0 Å². The summed E-state index contributed by atoms with van der Waals surface area (Å²) in [6.45, 7) is 4.03. The maximum Gasteiger partial charge on any atom is 0.274 e. The second-order valence-corrected chi connectivity index (χ2v) is 6.71. The van der Waals surface area contributed by atoms with Crippen LogP contribution in [0.25, 0.3) is 0 Å². The van der Waals surface area contributed by atoms with Gasteiger partial charge in [0.2, 0.25) is 11.8 Å². The standard InChI is InChI=1S/C18H23N3O4/c1-12(22)20-7-4-13(5-8-20)18(24)21-9-6-14-10-15(17(23)19-25)2-3-16(14)11-21/h2-3,10,13,25H,4-9,11H2,1H3,(H,19,23). The maximum absolute atomic E-state index is 12.8. The van der Waals surface area contributed by atoms with Gasteiger partial charge in [-0.3, -0.25) is 19.6 Å². The fourth-order valence-corrected chi connectivity index (χ4v) is 3.65. The smallest absolute Gasteiger partial charge is 0.274 e. The number of carbonyl (C=O) groups excluding carboxylic acids is 3. The molecule has 7 heteroatoms. The summed E-state index contributed by atoms with van der Waals surface area (Å²) in [7, 11) is 0. The van der Waals surface area contributed by atoms with Gasteiger partial charge < -0.3 is 9.80 Å². The number of benzene rings is 1. The van der Waals surface area contributed by atoms with Crippen LogP contribution in [0.1, 0.15) is 41.3 Å². The number of rotatable bonds is 2. The van der Waals surface area contributed by atoms with E-state index in [2.05, 4.69) is 0 Å². The van der Waals surface area contributed by atoms with Crippen LogP contribution >= 0.6 is 0 Å². The molecule has 1 aromatic carbocycles. The molecule has 1 saturated heterocycles. The van der Waals surface area contributed by atoms with Crippen LogP contribution in [0, 0.1) is 5.92 Å². The molecule has 0 spiro atoms. The zero-order valence-electron chi connectivity index (χ0n) is 14.3. The van der Waals surface area contributed by atoms with Gasteiger partial charge in [-0.2, -0.15) is 0 Å². The number of hydroxylamine groups is 1. The topological polar surface area (TPSA) is 90.0 Å². The molecule has 7 nitrogen and oxygen atoms in total. The molecule has 0 saturated carbocycles. The highest BCUT2D eigenvalue weighted by atomic mass is 16.5. The van der Waals surface area contributed by atoms with Gasteiger partial charge in [0.1, 0.15) is 0 Å². The van der Waals surface area contributed by atoms with Crippen molar-refractivity contribution < 1.29 is 19.6 Å². The van der Waals surface area contributed by atoms with Crippen LogP contribution in [0.5, 0.6) is 0 Å². The van der Waals surface area contributed by atoms with Gasteiger partial charge in [-0.15, -0.1) is 0 Å². The third-order valence-electron chi connectivity index (χ3n) is 5.18. The van der Waals surface area contributed by atoms with Gasteiger partial charge in [0.15, 0.2) is 0 Å². The van der Waals surface area contributed by atoms with E-state index in [-0.39, 0.29) is 17.7 Å². The molecule has 3 rings (SSSR count). The van der Waals surface area contributed by atoms with E-state index in [4.69, 9.17) is 5.21 Å². The molecular weight excluding hydrogens is 322 g/mol. The SMILES string of the molecule is CC(=O)N1CCC(C(=O)N2CCc3cc(C(=O)NO)ccc3C2)CC1. The quantitative estimate of drug-likeness (QED) is 0.617. The average Bonchev–Trinajstić information content (AvgIpc) is 2.66. The number of hydrogen-bond donors (Lipinski definition) is 2. The zero-order chi connectivity index (χ0) is 18.0. The molecule has 0 bridgehead atoms. The second-order valence-electron chi connectivity index (χ2n) is 6.71. The van der Waals surface area contributed by atoms with Crippen LogP contribution in [0.15, 0.2) is 18.2 Å². The summed E-state index contributed by atoms with van der Waals surface area (Å²) >= 11 is 0. The number of carbonyl (C=O) groups is 3. The van der Waals surface area contributed by atoms with Gasteiger partial charge in [0.25, 0.3) is 5.91 Å². The molecule has 0 atom stereocenters. The molecule has 134 valence electrons. The van der Waals surface area contributed by atoms with Crippen LogP contribution in [0.3, 0.4) is 0 Å². The van der Waals surface area contributed by atoms with Crippen LogP contribution < -0.4 is 5.48 Å². The monoisotopic (exact) mass is 345 g/mol. The van der Waals surface area contributed by atoms with E-state index in [1.165, 1.54) is 0 Å². The predicted octanol–water partition coefficient (Wildman–Crippen LogP) is 0.949. The fourth-order valence-electron chi connectivity index (χ4n) is 3.65. The Kier molecular flexibility index (Phi) is 5.03. The highest BCUT2D eigenvalue weighted by Crippen LogP contribution is 2.25. The maximum atomic E-state index is 12.8. The lowest BCUT2D eigenvalue weighted by atomic mass is 9.92. The third-order valence-corrected chi connectivity index (χ3v) is 5.18. The van der Waals surface area contributed by atoms with Crippen molar-refractivity contribution in [1.29, 1.82) is 0 Å². The zero-order valence-corrected chi connectivity index (χ0v) is 14.3. The molecule has 25 heavy (non-hydrogen) atoms. The summed E-state index contributed by atoms with van der Waals surface area (Å²) in [4.78, 5) is 39.4. The summed E-state index contributed by atoms with van der Waals surface area (Å²) in [6, 6.07) is 5.27. The number of piperidine rings is 1. The van der Waals surface area contributed by atoms with Crippen molar-refractivity contribution in [3.05, 3.63) is 34.9 Å². The molecule has 1 aromatic rings. The first kappa shape index (κ1) is 17.4. The van der Waals surface area contributed by atoms with Crippen LogP contribution in [0.2, 0.25) is 0 Å². The highest BCUT2D eigenvalue weighted by molar-refractivity contribution is 5.93. The fraction of sp³-hybridized carbons (Fsp3) is 0.500. The van der Waals surface area contributed by atoms with Gasteiger partial charge in [-0.25, -0.2) is 5.48 Å². The van der Waals surface area contributed by atoms with Gasteiger partial charge in [0.05, 0.1) is 0 Å². The van der Waals surface area contributed by atoms with Gasteiger partial charge in [-0.1, -0.05) is 6.07 Å². The van der Waals surface area contributed by atoms with Crippen molar-refractivity contribution in [2.24, 2.45) is 5.92 Å². The van der Waals surface area contributed by atoms with Crippen LogP contribution in [-0.2, 0) is 22.6 Å². The Morgan fingerprint density at radius 1 is 1.08 bits per heavy atom. The van der Waals surface area contributed by atoms with Crippen molar-refractivity contribution >= 4 is 17.7 Å². The van der Waals surface area contributed by atoms with Crippen molar-refractivity contribution in [1.82, 2.24) is 15.3 Å². The predicted molar refractivity (Wildman–Crippen MR) is 89.8 cm³/mol. The van der Waals surface area contributed by atoms with Gasteiger partial charge in [0, 0.05) is 44.6 Å². The Hall–Kier alpha value is -2.41. The van der Waals surface area contributed by atoms with Gasteiger partial charge >= 0.3 is 0 Å². The van der Waals surface area contributed by atoms with Crippen LogP contribution in [-0.4, -0.2) is 52.4 Å². The Morgan fingerprint density at radius 3 is 2.44 bits per heavy atom. The summed E-state index contributed by atoms with van der Waals surface area (Å²) in [5, 5.41) is 8.73. The molecule has 1 fully saturated rings. The Morgan fingerprint density at radius 2 is 1.80 bits per heavy atom. The number of nitrogens with one attached hydrogen (secondary N) is 1. The first-order chi connectivity index (χ1) is 12.0. The number of hydrogen-bond acceptors (Lipinski definition) is 4. The largest absolute Gasteiger partial charge is 0.343 e. The summed E-state index contributed by atoms with van der Waals surface area (Å²) in [5.41, 5.74) is 4.13. The van der Waals surface area contributed by atoms with Crippen molar-refractivity contribution in [3.8, 4) is 0 Å². The van der Waals surface area contributed by atoms with E-state index < -0.39 is 5.91 Å². The average molecular weight is 345 g/mol. The van der Waals surface area contributed by atoms with E-state index in [9.17, 15) is 14.4 Å². The molecule has 3 amide bonds. The van der Waals surface area contributed by atoms with Crippen molar-refractivity contribution in [2.45, 2.75) is 32.7 Å². The molecule has 2 N–H and O–H groups in total.